The number of anilines is 1. The van der Waals surface area contributed by atoms with Gasteiger partial charge in [-0.15, -0.1) is 0 Å². The Kier molecular flexibility index (Phi) is 4.97. The Bertz CT molecular complexity index is 785. The van der Waals surface area contributed by atoms with E-state index < -0.39 is 10.8 Å². The van der Waals surface area contributed by atoms with Crippen LogP contribution in [0.4, 0.5) is 11.4 Å². The molecule has 1 N–H and O–H groups in total. The lowest BCUT2D eigenvalue weighted by Crippen LogP contribution is -2.27. The molecule has 0 radical (unpaired) electrons. The van der Waals surface area contributed by atoms with Crippen LogP contribution in [0, 0.1) is 10.1 Å². The van der Waals surface area contributed by atoms with E-state index in [0.29, 0.717) is 0 Å². The molecule has 0 saturated carbocycles. The van der Waals surface area contributed by atoms with Gasteiger partial charge in [0, 0.05) is 24.8 Å². The minimum Gasteiger partial charge on any atom is -0.372 e. The molecule has 3 rings (SSSR count). The number of amides is 1. The molecular formula is C19H21N3O3. The summed E-state index contributed by atoms with van der Waals surface area (Å²) in [4.78, 5) is 25.4. The second-order valence-electron chi connectivity index (χ2n) is 6.26. The standard InChI is InChI=1S/C19H21N3O3/c1-14(15-7-6-8-16(13-15)21-11-4-5-12-21)20-19(23)17-9-2-3-10-18(17)22(24)25/h2-3,6-10,13-14H,4-5,11-12H2,1H3,(H,20,23)/t14-/m1/s1. The number of hydrogen-bond donors (Lipinski definition) is 1. The second-order valence-corrected chi connectivity index (χ2v) is 6.26. The summed E-state index contributed by atoms with van der Waals surface area (Å²) >= 11 is 0. The van der Waals surface area contributed by atoms with Crippen LogP contribution in [-0.2, 0) is 0 Å². The minimum atomic E-state index is -0.534. The highest BCUT2D eigenvalue weighted by Crippen LogP contribution is 2.25. The predicted octanol–water partition coefficient (Wildman–Crippen LogP) is 3.69. The lowest BCUT2D eigenvalue weighted by Gasteiger charge is -2.20. The van der Waals surface area contributed by atoms with Crippen molar-refractivity contribution in [3.05, 3.63) is 69.8 Å². The number of benzene rings is 2. The quantitative estimate of drug-likeness (QED) is 0.666. The van der Waals surface area contributed by atoms with Crippen molar-refractivity contribution < 1.29 is 9.72 Å². The van der Waals surface area contributed by atoms with E-state index in [0.717, 1.165) is 24.3 Å². The monoisotopic (exact) mass is 339 g/mol. The lowest BCUT2D eigenvalue weighted by molar-refractivity contribution is -0.385. The van der Waals surface area contributed by atoms with Gasteiger partial charge in [0.05, 0.1) is 11.0 Å². The summed E-state index contributed by atoms with van der Waals surface area (Å²) in [6, 6.07) is 13.9. The zero-order valence-electron chi connectivity index (χ0n) is 14.1. The van der Waals surface area contributed by atoms with Gasteiger partial charge in [-0.1, -0.05) is 24.3 Å². The molecule has 0 spiro atoms. The predicted molar refractivity (Wildman–Crippen MR) is 96.9 cm³/mol. The van der Waals surface area contributed by atoms with Gasteiger partial charge in [-0.3, -0.25) is 14.9 Å². The van der Waals surface area contributed by atoms with Crippen LogP contribution in [0.2, 0.25) is 0 Å². The van der Waals surface area contributed by atoms with E-state index >= 15 is 0 Å². The highest BCUT2D eigenvalue weighted by Gasteiger charge is 2.21. The number of nitro benzene ring substituents is 1. The third kappa shape index (κ3) is 3.79. The summed E-state index contributed by atoms with van der Waals surface area (Å²) in [7, 11) is 0. The molecule has 6 nitrogen and oxygen atoms in total. The molecule has 1 aliphatic heterocycles. The summed E-state index contributed by atoms with van der Waals surface area (Å²) in [5, 5.41) is 14.0. The molecule has 1 fully saturated rings. The summed E-state index contributed by atoms with van der Waals surface area (Å²) in [5.41, 5.74) is 2.03. The molecule has 1 amide bonds. The van der Waals surface area contributed by atoms with Crippen molar-refractivity contribution in [1.82, 2.24) is 5.32 Å². The van der Waals surface area contributed by atoms with Crippen LogP contribution in [0.1, 0.15) is 41.7 Å². The molecule has 0 unspecified atom stereocenters. The second kappa shape index (κ2) is 7.34. The number of carbonyl (C=O) groups excluding carboxylic acids is 1. The average molecular weight is 339 g/mol. The van der Waals surface area contributed by atoms with E-state index in [9.17, 15) is 14.9 Å². The first kappa shape index (κ1) is 17.0. The fraction of sp³-hybridized carbons (Fsp3) is 0.316. The molecule has 1 heterocycles. The van der Waals surface area contributed by atoms with Crippen molar-refractivity contribution in [3.63, 3.8) is 0 Å². The maximum absolute atomic E-state index is 12.5. The number of para-hydroxylation sites is 1. The third-order valence-electron chi connectivity index (χ3n) is 4.53. The molecule has 0 bridgehead atoms. The Hall–Kier alpha value is -2.89. The van der Waals surface area contributed by atoms with Crippen LogP contribution in [0.15, 0.2) is 48.5 Å². The molecule has 0 aromatic heterocycles. The summed E-state index contributed by atoms with van der Waals surface area (Å²) < 4.78 is 0. The van der Waals surface area contributed by atoms with Crippen LogP contribution in [0.25, 0.3) is 0 Å². The van der Waals surface area contributed by atoms with E-state index in [1.165, 1.54) is 25.0 Å². The molecule has 130 valence electrons. The first-order chi connectivity index (χ1) is 12.1. The Morgan fingerprint density at radius 1 is 1.16 bits per heavy atom. The average Bonchev–Trinajstić information content (AvgIpc) is 3.16. The Morgan fingerprint density at radius 3 is 2.60 bits per heavy atom. The molecule has 1 aliphatic rings. The molecule has 2 aromatic carbocycles. The lowest BCUT2D eigenvalue weighted by atomic mass is 10.1. The highest BCUT2D eigenvalue weighted by molar-refractivity contribution is 5.98. The van der Waals surface area contributed by atoms with Gasteiger partial charge in [-0.2, -0.15) is 0 Å². The van der Waals surface area contributed by atoms with Crippen LogP contribution < -0.4 is 10.2 Å². The molecule has 0 aliphatic carbocycles. The summed E-state index contributed by atoms with van der Waals surface area (Å²) in [6.07, 6.45) is 2.41. The van der Waals surface area contributed by atoms with Crippen LogP contribution >= 0.6 is 0 Å². The first-order valence-electron chi connectivity index (χ1n) is 8.45. The first-order valence-corrected chi connectivity index (χ1v) is 8.45. The normalized spacial score (nSPS) is 15.0. The van der Waals surface area contributed by atoms with E-state index in [1.54, 1.807) is 12.1 Å². The van der Waals surface area contributed by atoms with Gasteiger partial charge in [0.2, 0.25) is 0 Å². The van der Waals surface area contributed by atoms with Crippen LogP contribution in [0.3, 0.4) is 0 Å². The maximum atomic E-state index is 12.5. The zero-order chi connectivity index (χ0) is 17.8. The van der Waals surface area contributed by atoms with Crippen molar-refractivity contribution in [2.75, 3.05) is 18.0 Å². The van der Waals surface area contributed by atoms with Gasteiger partial charge >= 0.3 is 0 Å². The van der Waals surface area contributed by atoms with Crippen molar-refractivity contribution in [2.45, 2.75) is 25.8 Å². The van der Waals surface area contributed by atoms with Gasteiger partial charge in [-0.25, -0.2) is 0 Å². The highest BCUT2D eigenvalue weighted by atomic mass is 16.6. The van der Waals surface area contributed by atoms with Crippen molar-refractivity contribution >= 4 is 17.3 Å². The smallest absolute Gasteiger partial charge is 0.282 e. The number of nitro groups is 1. The van der Waals surface area contributed by atoms with Gasteiger partial charge in [-0.05, 0) is 43.5 Å². The Morgan fingerprint density at radius 2 is 1.88 bits per heavy atom. The zero-order valence-corrected chi connectivity index (χ0v) is 14.1. The number of hydrogen-bond acceptors (Lipinski definition) is 4. The van der Waals surface area contributed by atoms with Gasteiger partial charge in [0.15, 0.2) is 0 Å². The van der Waals surface area contributed by atoms with E-state index in [1.807, 2.05) is 19.1 Å². The fourth-order valence-electron chi connectivity index (χ4n) is 3.15. The Balaban J connectivity index is 1.76. The van der Waals surface area contributed by atoms with Gasteiger partial charge in [0.1, 0.15) is 5.56 Å². The topological polar surface area (TPSA) is 75.5 Å². The number of carbonyl (C=O) groups is 1. The Labute approximate surface area is 146 Å². The fourth-order valence-corrected chi connectivity index (χ4v) is 3.15. The SMILES string of the molecule is C[C@@H](NC(=O)c1ccccc1[N+](=O)[O-])c1cccc(N2CCCC2)c1. The van der Waals surface area contributed by atoms with Crippen molar-refractivity contribution in [3.8, 4) is 0 Å². The van der Waals surface area contributed by atoms with Gasteiger partial charge < -0.3 is 10.2 Å². The van der Waals surface area contributed by atoms with Crippen LogP contribution in [0.5, 0.6) is 0 Å². The maximum Gasteiger partial charge on any atom is 0.282 e. The van der Waals surface area contributed by atoms with Crippen LogP contribution in [-0.4, -0.2) is 23.9 Å². The van der Waals surface area contributed by atoms with Crippen molar-refractivity contribution in [1.29, 1.82) is 0 Å². The minimum absolute atomic E-state index is 0.0787. The van der Waals surface area contributed by atoms with E-state index in [-0.39, 0.29) is 17.3 Å². The molecule has 2 aromatic rings. The molecular weight excluding hydrogens is 318 g/mol. The molecule has 1 atom stereocenters. The molecule has 25 heavy (non-hydrogen) atoms. The third-order valence-corrected chi connectivity index (χ3v) is 4.53. The number of rotatable bonds is 5. The van der Waals surface area contributed by atoms with E-state index in [4.69, 9.17) is 0 Å². The summed E-state index contributed by atoms with van der Waals surface area (Å²) in [5.74, 6) is -0.439. The van der Waals surface area contributed by atoms with Gasteiger partial charge in [0.25, 0.3) is 11.6 Å². The number of nitrogens with one attached hydrogen (secondary N) is 1. The van der Waals surface area contributed by atoms with Crippen molar-refractivity contribution in [2.24, 2.45) is 0 Å². The van der Waals surface area contributed by atoms with E-state index in [2.05, 4.69) is 22.3 Å². The largest absolute Gasteiger partial charge is 0.372 e. The molecule has 6 heteroatoms. The summed E-state index contributed by atoms with van der Waals surface area (Å²) in [6.45, 7) is 4.00. The molecule has 1 saturated heterocycles. The number of nitrogens with zero attached hydrogens (tertiary/aromatic N) is 2.